The lowest BCUT2D eigenvalue weighted by Gasteiger charge is -2.16. The van der Waals surface area contributed by atoms with Gasteiger partial charge in [-0.3, -0.25) is 4.79 Å². The van der Waals surface area contributed by atoms with Crippen LogP contribution in [0.1, 0.15) is 19.8 Å². The number of hydrogen-bond donors (Lipinski definition) is 3. The lowest BCUT2D eigenvalue weighted by Crippen LogP contribution is -2.38. The maximum absolute atomic E-state index is 11.9. The zero-order valence-electron chi connectivity index (χ0n) is 11.6. The van der Waals surface area contributed by atoms with E-state index in [1.807, 2.05) is 6.92 Å². The molecule has 8 heteroatoms. The molecule has 1 atom stereocenters. The van der Waals surface area contributed by atoms with Crippen LogP contribution < -0.4 is 15.4 Å². The van der Waals surface area contributed by atoms with Crippen molar-refractivity contribution in [3.63, 3.8) is 0 Å². The van der Waals surface area contributed by atoms with Gasteiger partial charge >= 0.3 is 12.0 Å². The molecule has 0 aromatic heterocycles. The Kier molecular flexibility index (Phi) is 6.97. The molecule has 6 nitrogen and oxygen atoms in total. The van der Waals surface area contributed by atoms with Crippen molar-refractivity contribution in [2.45, 2.75) is 25.8 Å². The van der Waals surface area contributed by atoms with Gasteiger partial charge in [0, 0.05) is 16.6 Å². The maximum atomic E-state index is 11.9. The number of benzene rings is 1. The average molecular weight is 424 g/mol. The Hall–Kier alpha value is -1.28. The van der Waals surface area contributed by atoms with Gasteiger partial charge in [-0.05, 0) is 44.3 Å². The monoisotopic (exact) mass is 422 g/mol. The largest absolute Gasteiger partial charge is 0.495 e. The van der Waals surface area contributed by atoms with Crippen molar-refractivity contribution in [1.82, 2.24) is 5.32 Å². The molecule has 0 radical (unpaired) electrons. The molecule has 0 fully saturated rings. The molecule has 3 N–H and O–H groups in total. The summed E-state index contributed by atoms with van der Waals surface area (Å²) in [5.41, 5.74) is 0.526. The summed E-state index contributed by atoms with van der Waals surface area (Å²) >= 11 is 6.68. The molecular formula is C13H16Br2N2O4. The summed E-state index contributed by atoms with van der Waals surface area (Å²) in [6, 6.07) is 2.53. The van der Waals surface area contributed by atoms with Gasteiger partial charge in [-0.2, -0.15) is 0 Å². The number of carboxylic acids is 1. The minimum Gasteiger partial charge on any atom is -0.495 e. The SMILES string of the molecule is CCC(CC(=O)O)NC(=O)Nc1cc(OC)c(Br)cc1Br. The van der Waals surface area contributed by atoms with Crippen molar-refractivity contribution in [2.75, 3.05) is 12.4 Å². The van der Waals surface area contributed by atoms with Gasteiger partial charge in [0.15, 0.2) is 0 Å². The Labute approximate surface area is 139 Å². The molecule has 0 saturated carbocycles. The van der Waals surface area contributed by atoms with Gasteiger partial charge in [-0.1, -0.05) is 6.92 Å². The van der Waals surface area contributed by atoms with E-state index in [9.17, 15) is 9.59 Å². The second-order valence-electron chi connectivity index (χ2n) is 4.27. The number of carbonyl (C=O) groups excluding carboxylic acids is 1. The second kappa shape index (κ2) is 8.23. The summed E-state index contributed by atoms with van der Waals surface area (Å²) in [6.07, 6.45) is 0.416. The van der Waals surface area contributed by atoms with E-state index >= 15 is 0 Å². The highest BCUT2D eigenvalue weighted by Crippen LogP contribution is 2.34. The number of urea groups is 1. The summed E-state index contributed by atoms with van der Waals surface area (Å²) in [6.45, 7) is 1.81. The minimum atomic E-state index is -0.950. The Bertz CT molecular complexity index is 537. The molecule has 116 valence electrons. The maximum Gasteiger partial charge on any atom is 0.319 e. The fourth-order valence-corrected chi connectivity index (χ4v) is 2.89. The molecule has 0 aliphatic rings. The zero-order valence-corrected chi connectivity index (χ0v) is 14.7. The number of nitrogens with one attached hydrogen (secondary N) is 2. The van der Waals surface area contributed by atoms with E-state index in [2.05, 4.69) is 42.5 Å². The molecule has 0 aliphatic heterocycles. The third-order valence-corrected chi connectivity index (χ3v) is 4.01. The van der Waals surface area contributed by atoms with Gasteiger partial charge in [0.1, 0.15) is 5.75 Å². The molecule has 1 unspecified atom stereocenters. The summed E-state index contributed by atoms with van der Waals surface area (Å²) < 4.78 is 6.59. The number of methoxy groups -OCH3 is 1. The predicted octanol–water partition coefficient (Wildman–Crippen LogP) is 3.60. The molecular weight excluding hydrogens is 408 g/mol. The van der Waals surface area contributed by atoms with Crippen LogP contribution in [0.4, 0.5) is 10.5 Å². The quantitative estimate of drug-likeness (QED) is 0.652. The van der Waals surface area contributed by atoms with E-state index in [4.69, 9.17) is 9.84 Å². The van der Waals surface area contributed by atoms with Crippen LogP contribution in [-0.2, 0) is 4.79 Å². The molecule has 0 heterocycles. The Morgan fingerprint density at radius 1 is 1.33 bits per heavy atom. The highest BCUT2D eigenvalue weighted by molar-refractivity contribution is 9.11. The van der Waals surface area contributed by atoms with Crippen molar-refractivity contribution in [3.05, 3.63) is 21.1 Å². The first kappa shape index (κ1) is 17.8. The van der Waals surface area contributed by atoms with Crippen LogP contribution in [0.3, 0.4) is 0 Å². The topological polar surface area (TPSA) is 87.7 Å². The molecule has 1 aromatic carbocycles. The smallest absolute Gasteiger partial charge is 0.319 e. The van der Waals surface area contributed by atoms with E-state index in [1.54, 1.807) is 12.1 Å². The fourth-order valence-electron chi connectivity index (χ4n) is 1.63. The van der Waals surface area contributed by atoms with Gasteiger partial charge < -0.3 is 20.5 Å². The third-order valence-electron chi connectivity index (χ3n) is 2.74. The summed E-state index contributed by atoms with van der Waals surface area (Å²) in [4.78, 5) is 22.6. The van der Waals surface area contributed by atoms with Gasteiger partial charge in [-0.25, -0.2) is 4.79 Å². The van der Waals surface area contributed by atoms with E-state index in [-0.39, 0.29) is 6.42 Å². The van der Waals surface area contributed by atoms with Crippen molar-refractivity contribution < 1.29 is 19.4 Å². The molecule has 0 bridgehead atoms. The Morgan fingerprint density at radius 3 is 2.52 bits per heavy atom. The summed E-state index contributed by atoms with van der Waals surface area (Å²) in [5.74, 6) is -0.375. The minimum absolute atomic E-state index is 0.116. The molecule has 0 saturated heterocycles. The number of aliphatic carboxylic acids is 1. The first-order valence-electron chi connectivity index (χ1n) is 6.19. The zero-order chi connectivity index (χ0) is 16.0. The number of ether oxygens (including phenoxy) is 1. The van der Waals surface area contributed by atoms with Crippen molar-refractivity contribution in [2.24, 2.45) is 0 Å². The summed E-state index contributed by atoms with van der Waals surface area (Å²) in [5, 5.41) is 14.0. The number of hydrogen-bond acceptors (Lipinski definition) is 3. The first-order chi connectivity index (χ1) is 9.87. The Balaban J connectivity index is 2.76. The van der Waals surface area contributed by atoms with Gasteiger partial charge in [0.2, 0.25) is 0 Å². The van der Waals surface area contributed by atoms with Crippen LogP contribution in [-0.4, -0.2) is 30.3 Å². The summed E-state index contributed by atoms with van der Waals surface area (Å²) in [7, 11) is 1.53. The lowest BCUT2D eigenvalue weighted by molar-refractivity contribution is -0.137. The van der Waals surface area contributed by atoms with Gasteiger partial charge in [0.05, 0.1) is 23.7 Å². The van der Waals surface area contributed by atoms with Crippen molar-refractivity contribution in [1.29, 1.82) is 0 Å². The fraction of sp³-hybridized carbons (Fsp3) is 0.385. The Morgan fingerprint density at radius 2 is 2.00 bits per heavy atom. The molecule has 1 aromatic rings. The number of anilines is 1. The standard InChI is InChI=1S/C13H16Br2N2O4/c1-3-7(4-12(18)19)16-13(20)17-10-6-11(21-2)9(15)5-8(10)14/h5-7H,3-4H2,1-2H3,(H,18,19)(H2,16,17,20). The van der Waals surface area contributed by atoms with Crippen LogP contribution in [0.25, 0.3) is 0 Å². The normalized spacial score (nSPS) is 11.6. The first-order valence-corrected chi connectivity index (χ1v) is 7.78. The van der Waals surface area contributed by atoms with E-state index < -0.39 is 18.0 Å². The second-order valence-corrected chi connectivity index (χ2v) is 5.98. The number of carbonyl (C=O) groups is 2. The molecule has 2 amide bonds. The molecule has 0 spiro atoms. The number of rotatable bonds is 6. The van der Waals surface area contributed by atoms with E-state index in [0.717, 1.165) is 4.47 Å². The highest BCUT2D eigenvalue weighted by Gasteiger charge is 2.15. The predicted molar refractivity (Wildman–Crippen MR) is 86.9 cm³/mol. The van der Waals surface area contributed by atoms with Gasteiger partial charge in [0.25, 0.3) is 0 Å². The van der Waals surface area contributed by atoms with Gasteiger partial charge in [-0.15, -0.1) is 0 Å². The van der Waals surface area contributed by atoms with Crippen molar-refractivity contribution >= 4 is 49.5 Å². The van der Waals surface area contributed by atoms with Crippen LogP contribution in [0.2, 0.25) is 0 Å². The van der Waals surface area contributed by atoms with Crippen LogP contribution in [0.5, 0.6) is 5.75 Å². The molecule has 21 heavy (non-hydrogen) atoms. The van der Waals surface area contributed by atoms with Crippen molar-refractivity contribution in [3.8, 4) is 5.75 Å². The van der Waals surface area contributed by atoms with E-state index in [1.165, 1.54) is 7.11 Å². The third kappa shape index (κ3) is 5.55. The van der Waals surface area contributed by atoms with Crippen LogP contribution in [0, 0.1) is 0 Å². The average Bonchev–Trinajstić information content (AvgIpc) is 2.40. The lowest BCUT2D eigenvalue weighted by atomic mass is 10.1. The number of amides is 2. The number of halogens is 2. The van der Waals surface area contributed by atoms with Crippen LogP contribution >= 0.6 is 31.9 Å². The van der Waals surface area contributed by atoms with E-state index in [0.29, 0.717) is 22.3 Å². The molecule has 1 rings (SSSR count). The molecule has 0 aliphatic carbocycles. The van der Waals surface area contributed by atoms with Crippen LogP contribution in [0.15, 0.2) is 21.1 Å². The number of carboxylic acid groups (broad SMARTS) is 1. The highest BCUT2D eigenvalue weighted by atomic mass is 79.9.